The first-order valence-corrected chi connectivity index (χ1v) is 4.80. The summed E-state index contributed by atoms with van der Waals surface area (Å²) in [6, 6.07) is 0. The minimum Gasteiger partial charge on any atom is -0.202 e. The van der Waals surface area contributed by atoms with Crippen molar-refractivity contribution in [2.45, 2.75) is 0 Å². The molecule has 0 unspecified atom stereocenters. The minimum atomic E-state index is 0.985. The maximum absolute atomic E-state index is 4.35. The summed E-state index contributed by atoms with van der Waals surface area (Å²) in [5.74, 6) is 0. The van der Waals surface area contributed by atoms with E-state index >= 15 is 0 Å². The van der Waals surface area contributed by atoms with E-state index in [1.54, 1.807) is 6.20 Å². The van der Waals surface area contributed by atoms with Crippen LogP contribution in [-0.2, 0) is 0 Å². The minimum absolute atomic E-state index is 0.985. The Balaban J connectivity index is 3.74. The Morgan fingerprint density at radius 2 is 2.50 bits per heavy atom. The van der Waals surface area contributed by atoms with Crippen LogP contribution in [0, 0.1) is 0 Å². The van der Waals surface area contributed by atoms with Gasteiger partial charge in [0, 0.05) is 14.2 Å². The third-order valence-corrected chi connectivity index (χ3v) is 3.43. The third-order valence-electron chi connectivity index (χ3n) is 0.385. The van der Waals surface area contributed by atoms with E-state index in [9.17, 15) is 0 Å². The number of hydrogen-bond donors (Lipinski definition) is 0. The Morgan fingerprint density at radius 1 is 1.88 bits per heavy atom. The second kappa shape index (κ2) is 6.12. The predicted molar refractivity (Wildman–Crippen MR) is 56.0 cm³/mol. The van der Waals surface area contributed by atoms with Gasteiger partial charge in [0.2, 0.25) is 0 Å². The molecule has 0 saturated carbocycles. The van der Waals surface area contributed by atoms with Crippen LogP contribution < -0.4 is 0 Å². The Labute approximate surface area is 80.9 Å². The van der Waals surface area contributed by atoms with Crippen LogP contribution in [0.4, 0.5) is 0 Å². The quantitative estimate of drug-likeness (QED) is 0.323. The Hall–Kier alpha value is 1.00. The molecule has 0 aliphatic heterocycles. The molecule has 0 N–H and O–H groups in total. The summed E-state index contributed by atoms with van der Waals surface area (Å²) >= 11 is 8.81. The van der Waals surface area contributed by atoms with Crippen molar-refractivity contribution in [3.05, 3.63) is 9.78 Å². The monoisotopic (exact) mass is 351 g/mol. The van der Waals surface area contributed by atoms with Gasteiger partial charge in [-0.25, -0.2) is 4.99 Å². The van der Waals surface area contributed by atoms with Crippen LogP contribution in [0.2, 0.25) is 0 Å². The number of nitrogens with zero attached hydrogens (tertiary/aromatic N) is 1. The molecule has 0 aliphatic rings. The highest BCUT2D eigenvalue weighted by molar-refractivity contribution is 14.1. The van der Waals surface area contributed by atoms with E-state index in [1.807, 2.05) is 0 Å². The van der Waals surface area contributed by atoms with Gasteiger partial charge in [-0.1, -0.05) is 22.6 Å². The highest BCUT2D eigenvalue weighted by Crippen LogP contribution is 2.08. The first-order valence-electron chi connectivity index (χ1n) is 1.78. The molecule has 0 aliphatic carbocycles. The second-order valence-electron chi connectivity index (χ2n) is 0.930. The molecular formula is C4H3I2NS. The molecule has 0 atom stereocenters. The first kappa shape index (κ1) is 9.00. The normalized spacial score (nSPS) is 10.5. The fraction of sp³-hybridized carbons (Fsp3) is 0.250. The van der Waals surface area contributed by atoms with Crippen molar-refractivity contribution in [1.82, 2.24) is 0 Å². The van der Waals surface area contributed by atoms with E-state index in [-0.39, 0.29) is 0 Å². The molecule has 0 spiro atoms. The summed E-state index contributed by atoms with van der Waals surface area (Å²) in [5.41, 5.74) is 0. The fourth-order valence-electron chi connectivity index (χ4n) is 0.131. The molecule has 0 radical (unpaired) electrons. The SMILES string of the molecule is S=C=N/C=C(\I)CI. The molecule has 0 saturated heterocycles. The summed E-state index contributed by atoms with van der Waals surface area (Å²) in [5, 5.41) is 2.26. The van der Waals surface area contributed by atoms with E-state index < -0.39 is 0 Å². The highest BCUT2D eigenvalue weighted by atomic mass is 127. The van der Waals surface area contributed by atoms with E-state index in [1.165, 1.54) is 3.58 Å². The number of rotatable bonds is 2. The number of halogens is 2. The van der Waals surface area contributed by atoms with Crippen molar-refractivity contribution in [3.8, 4) is 0 Å². The van der Waals surface area contributed by atoms with E-state index in [2.05, 4.69) is 67.6 Å². The number of alkyl halides is 1. The van der Waals surface area contributed by atoms with Crippen molar-refractivity contribution >= 4 is 62.6 Å². The lowest BCUT2D eigenvalue weighted by atomic mass is 10.7. The molecule has 44 valence electrons. The summed E-state index contributed by atoms with van der Waals surface area (Å²) in [6.07, 6.45) is 1.71. The summed E-state index contributed by atoms with van der Waals surface area (Å²) in [7, 11) is 0. The fourth-order valence-corrected chi connectivity index (χ4v) is 0.520. The van der Waals surface area contributed by atoms with Gasteiger partial charge in [0.05, 0.1) is 5.16 Å². The molecule has 0 aromatic rings. The lowest BCUT2D eigenvalue weighted by molar-refractivity contribution is 1.57. The molecule has 4 heteroatoms. The van der Waals surface area contributed by atoms with E-state index in [0.29, 0.717) is 0 Å². The average Bonchev–Trinajstić information content (AvgIpc) is 1.83. The molecule has 0 aromatic carbocycles. The van der Waals surface area contributed by atoms with Crippen LogP contribution in [0.3, 0.4) is 0 Å². The van der Waals surface area contributed by atoms with E-state index in [0.717, 1.165) is 4.43 Å². The van der Waals surface area contributed by atoms with Crippen molar-refractivity contribution < 1.29 is 0 Å². The number of aliphatic imine (C=N–C) groups is 1. The summed E-state index contributed by atoms with van der Waals surface area (Å²) in [4.78, 5) is 3.63. The van der Waals surface area contributed by atoms with Crippen LogP contribution in [0.25, 0.3) is 0 Å². The van der Waals surface area contributed by atoms with Crippen LogP contribution in [0.5, 0.6) is 0 Å². The molecule has 0 rings (SSSR count). The number of allylic oxidation sites excluding steroid dienone is 1. The Bertz CT molecular complexity index is 137. The van der Waals surface area contributed by atoms with Crippen LogP contribution in [0.1, 0.15) is 0 Å². The maximum Gasteiger partial charge on any atom is 0.0634 e. The Morgan fingerprint density at radius 3 is 2.88 bits per heavy atom. The summed E-state index contributed by atoms with van der Waals surface area (Å²) < 4.78 is 2.17. The van der Waals surface area contributed by atoms with Crippen molar-refractivity contribution in [3.63, 3.8) is 0 Å². The van der Waals surface area contributed by atoms with E-state index in [4.69, 9.17) is 0 Å². The standard InChI is InChI=1S/C4H3I2NS/c5-1-4(6)2-7-3-8/h2H,1H2/b4-2-. The van der Waals surface area contributed by atoms with Gasteiger partial charge in [-0.3, -0.25) is 0 Å². The van der Waals surface area contributed by atoms with Crippen LogP contribution in [-0.4, -0.2) is 9.59 Å². The van der Waals surface area contributed by atoms with Gasteiger partial charge in [0.25, 0.3) is 0 Å². The number of hydrogen-bond acceptors (Lipinski definition) is 2. The molecular weight excluding hydrogens is 348 g/mol. The zero-order valence-electron chi connectivity index (χ0n) is 3.90. The van der Waals surface area contributed by atoms with Gasteiger partial charge in [-0.2, -0.15) is 0 Å². The van der Waals surface area contributed by atoms with Gasteiger partial charge in [-0.05, 0) is 34.8 Å². The lowest BCUT2D eigenvalue weighted by Gasteiger charge is -1.81. The molecule has 0 fully saturated rings. The Kier molecular flexibility index (Phi) is 6.89. The van der Waals surface area contributed by atoms with Gasteiger partial charge in [-0.15, -0.1) is 0 Å². The zero-order valence-corrected chi connectivity index (χ0v) is 9.03. The molecule has 0 bridgehead atoms. The van der Waals surface area contributed by atoms with Gasteiger partial charge >= 0.3 is 0 Å². The lowest BCUT2D eigenvalue weighted by Crippen LogP contribution is -1.65. The number of isothiocyanates is 1. The molecule has 0 aromatic heterocycles. The molecule has 0 heterocycles. The average molecular weight is 351 g/mol. The molecule has 1 nitrogen and oxygen atoms in total. The van der Waals surface area contributed by atoms with Crippen molar-refractivity contribution in [2.75, 3.05) is 4.43 Å². The smallest absolute Gasteiger partial charge is 0.0634 e. The van der Waals surface area contributed by atoms with Gasteiger partial charge in [0.15, 0.2) is 0 Å². The molecule has 0 amide bonds. The van der Waals surface area contributed by atoms with Crippen molar-refractivity contribution in [1.29, 1.82) is 0 Å². The summed E-state index contributed by atoms with van der Waals surface area (Å²) in [6.45, 7) is 0. The maximum atomic E-state index is 4.35. The zero-order chi connectivity index (χ0) is 6.41. The van der Waals surface area contributed by atoms with Crippen LogP contribution in [0.15, 0.2) is 14.8 Å². The first-order chi connectivity index (χ1) is 3.81. The van der Waals surface area contributed by atoms with Crippen molar-refractivity contribution in [2.24, 2.45) is 4.99 Å². The largest absolute Gasteiger partial charge is 0.202 e. The third kappa shape index (κ3) is 5.14. The highest BCUT2D eigenvalue weighted by Gasteiger charge is 1.80. The van der Waals surface area contributed by atoms with Gasteiger partial charge in [0.1, 0.15) is 0 Å². The molecule has 8 heavy (non-hydrogen) atoms. The predicted octanol–water partition coefficient (Wildman–Crippen LogP) is 2.80. The van der Waals surface area contributed by atoms with Crippen LogP contribution >= 0.6 is 57.4 Å². The second-order valence-corrected chi connectivity index (χ2v) is 3.26. The number of thiocarbonyl (C=S) groups is 1. The topological polar surface area (TPSA) is 12.4 Å². The van der Waals surface area contributed by atoms with Gasteiger partial charge < -0.3 is 0 Å².